The zero-order chi connectivity index (χ0) is 13.9. The Labute approximate surface area is 117 Å². The van der Waals surface area contributed by atoms with Crippen LogP contribution in [0.15, 0.2) is 50.4 Å². The highest BCUT2D eigenvalue weighted by atomic mass is 32.2. The molecule has 0 radical (unpaired) electrons. The SMILES string of the molecule is CN(C)c1ccc(/C=N/S(=O)(=O)c2cccs2)cc1. The van der Waals surface area contributed by atoms with Crippen LogP contribution >= 0.6 is 11.3 Å². The molecule has 2 rings (SSSR count). The fourth-order valence-corrected chi connectivity index (χ4v) is 3.30. The van der Waals surface area contributed by atoms with Crippen LogP contribution in [0.1, 0.15) is 5.56 Å². The van der Waals surface area contributed by atoms with Crippen LogP contribution in [-0.2, 0) is 10.0 Å². The fourth-order valence-electron chi connectivity index (χ4n) is 1.45. The van der Waals surface area contributed by atoms with E-state index in [1.54, 1.807) is 17.5 Å². The summed E-state index contributed by atoms with van der Waals surface area (Å²) in [7, 11) is 0.333. The summed E-state index contributed by atoms with van der Waals surface area (Å²) in [5.41, 5.74) is 1.81. The molecule has 0 amide bonds. The summed E-state index contributed by atoms with van der Waals surface area (Å²) in [6, 6.07) is 10.7. The molecule has 0 saturated heterocycles. The first-order valence-corrected chi connectivity index (χ1v) is 7.92. The molecular formula is C13H14N2O2S2. The van der Waals surface area contributed by atoms with E-state index in [1.165, 1.54) is 6.21 Å². The Morgan fingerprint density at radius 2 is 1.84 bits per heavy atom. The Morgan fingerprint density at radius 1 is 1.16 bits per heavy atom. The van der Waals surface area contributed by atoms with Crippen molar-refractivity contribution in [2.45, 2.75) is 4.21 Å². The smallest absolute Gasteiger partial charge is 0.291 e. The number of hydrogen-bond acceptors (Lipinski definition) is 4. The van der Waals surface area contributed by atoms with Gasteiger partial charge in [-0.2, -0.15) is 12.8 Å². The Balaban J connectivity index is 2.19. The quantitative estimate of drug-likeness (QED) is 0.814. The predicted octanol–water partition coefficient (Wildman–Crippen LogP) is 2.62. The average Bonchev–Trinajstić information content (AvgIpc) is 2.91. The molecule has 0 N–H and O–H groups in total. The van der Waals surface area contributed by atoms with Crippen molar-refractivity contribution in [1.82, 2.24) is 0 Å². The highest BCUT2D eigenvalue weighted by molar-refractivity contribution is 7.92. The van der Waals surface area contributed by atoms with Crippen LogP contribution in [0.2, 0.25) is 0 Å². The second kappa shape index (κ2) is 5.54. The van der Waals surface area contributed by atoms with Crippen molar-refractivity contribution in [3.63, 3.8) is 0 Å². The number of nitrogens with zero attached hydrogens (tertiary/aromatic N) is 2. The van der Waals surface area contributed by atoms with E-state index in [1.807, 2.05) is 43.3 Å². The first-order valence-electron chi connectivity index (χ1n) is 5.60. The second-order valence-corrected chi connectivity index (χ2v) is 6.93. The molecule has 0 aliphatic heterocycles. The number of sulfonamides is 1. The second-order valence-electron chi connectivity index (χ2n) is 4.13. The number of anilines is 1. The van der Waals surface area contributed by atoms with Gasteiger partial charge in [0.1, 0.15) is 4.21 Å². The Hall–Kier alpha value is -1.66. The molecule has 100 valence electrons. The molecule has 2 aromatic rings. The van der Waals surface area contributed by atoms with Gasteiger partial charge in [0.05, 0.1) is 0 Å². The number of rotatable bonds is 4. The van der Waals surface area contributed by atoms with Crippen LogP contribution < -0.4 is 4.90 Å². The van der Waals surface area contributed by atoms with E-state index in [4.69, 9.17) is 0 Å². The number of benzene rings is 1. The van der Waals surface area contributed by atoms with E-state index in [9.17, 15) is 8.42 Å². The van der Waals surface area contributed by atoms with Crippen molar-refractivity contribution < 1.29 is 8.42 Å². The standard InChI is InChI=1S/C13H14N2O2S2/c1-15(2)12-7-5-11(6-8-12)10-14-19(16,17)13-4-3-9-18-13/h3-10H,1-2H3/b14-10+. The Kier molecular flexibility index (Phi) is 4.01. The molecule has 0 saturated carbocycles. The van der Waals surface area contributed by atoms with Crippen LogP contribution in [0, 0.1) is 0 Å². The largest absolute Gasteiger partial charge is 0.378 e. The third kappa shape index (κ3) is 3.42. The van der Waals surface area contributed by atoms with E-state index in [0.29, 0.717) is 0 Å². The number of hydrogen-bond donors (Lipinski definition) is 0. The monoisotopic (exact) mass is 294 g/mol. The van der Waals surface area contributed by atoms with Crippen LogP contribution in [0.25, 0.3) is 0 Å². The van der Waals surface area contributed by atoms with Gasteiger partial charge < -0.3 is 4.90 Å². The van der Waals surface area contributed by atoms with Crippen LogP contribution in [0.3, 0.4) is 0 Å². The van der Waals surface area contributed by atoms with Crippen LogP contribution in [0.4, 0.5) is 5.69 Å². The fraction of sp³-hybridized carbons (Fsp3) is 0.154. The van der Waals surface area contributed by atoms with Crippen molar-refractivity contribution in [3.8, 4) is 0 Å². The van der Waals surface area contributed by atoms with E-state index >= 15 is 0 Å². The van der Waals surface area contributed by atoms with Gasteiger partial charge in [0.25, 0.3) is 10.0 Å². The molecule has 0 bridgehead atoms. The van der Waals surface area contributed by atoms with Gasteiger partial charge in [-0.15, -0.1) is 11.3 Å². The summed E-state index contributed by atoms with van der Waals surface area (Å²) in [6.45, 7) is 0. The third-order valence-electron chi connectivity index (χ3n) is 2.50. The Bertz CT molecular complexity index is 657. The van der Waals surface area contributed by atoms with Crippen molar-refractivity contribution in [3.05, 3.63) is 47.3 Å². The molecule has 1 heterocycles. The first-order chi connectivity index (χ1) is 8.99. The lowest BCUT2D eigenvalue weighted by atomic mass is 10.2. The van der Waals surface area contributed by atoms with E-state index < -0.39 is 10.0 Å². The predicted molar refractivity (Wildman–Crippen MR) is 79.9 cm³/mol. The lowest BCUT2D eigenvalue weighted by Crippen LogP contribution is -2.08. The molecule has 0 unspecified atom stereocenters. The maximum absolute atomic E-state index is 11.8. The number of thiophene rings is 1. The maximum atomic E-state index is 11.8. The molecule has 0 aliphatic rings. The first kappa shape index (κ1) is 13.8. The lowest BCUT2D eigenvalue weighted by Gasteiger charge is -2.11. The topological polar surface area (TPSA) is 49.7 Å². The van der Waals surface area contributed by atoms with Crippen LogP contribution in [0.5, 0.6) is 0 Å². The summed E-state index contributed by atoms with van der Waals surface area (Å²) in [5, 5.41) is 1.72. The van der Waals surface area contributed by atoms with E-state index in [-0.39, 0.29) is 4.21 Å². The van der Waals surface area contributed by atoms with Gasteiger partial charge in [0.2, 0.25) is 0 Å². The molecule has 1 aromatic heterocycles. The highest BCUT2D eigenvalue weighted by Gasteiger charge is 2.12. The summed E-state index contributed by atoms with van der Waals surface area (Å²) >= 11 is 1.16. The maximum Gasteiger partial charge on any atom is 0.291 e. The summed E-state index contributed by atoms with van der Waals surface area (Å²) in [4.78, 5) is 1.98. The van der Waals surface area contributed by atoms with Gasteiger partial charge in [-0.1, -0.05) is 18.2 Å². The Morgan fingerprint density at radius 3 is 2.37 bits per heavy atom. The van der Waals surface area contributed by atoms with Crippen molar-refractivity contribution in [2.24, 2.45) is 4.40 Å². The summed E-state index contributed by atoms with van der Waals surface area (Å²) in [6.07, 6.45) is 1.37. The van der Waals surface area contributed by atoms with E-state index in [2.05, 4.69) is 4.40 Å². The molecule has 19 heavy (non-hydrogen) atoms. The van der Waals surface area contributed by atoms with Gasteiger partial charge >= 0.3 is 0 Å². The average molecular weight is 294 g/mol. The summed E-state index contributed by atoms with van der Waals surface area (Å²) in [5.74, 6) is 0. The van der Waals surface area contributed by atoms with Gasteiger partial charge in [0.15, 0.2) is 0 Å². The van der Waals surface area contributed by atoms with Crippen molar-refractivity contribution in [2.75, 3.05) is 19.0 Å². The molecule has 4 nitrogen and oxygen atoms in total. The van der Waals surface area contributed by atoms with Gasteiger partial charge in [-0.3, -0.25) is 0 Å². The molecular weight excluding hydrogens is 280 g/mol. The summed E-state index contributed by atoms with van der Waals surface area (Å²) < 4.78 is 27.6. The van der Waals surface area contributed by atoms with Gasteiger partial charge in [-0.05, 0) is 29.1 Å². The van der Waals surface area contributed by atoms with Crippen molar-refractivity contribution in [1.29, 1.82) is 0 Å². The zero-order valence-electron chi connectivity index (χ0n) is 10.6. The van der Waals surface area contributed by atoms with Gasteiger partial charge in [-0.25, -0.2) is 0 Å². The minimum atomic E-state index is -3.56. The molecule has 1 aromatic carbocycles. The molecule has 0 atom stereocenters. The normalized spacial score (nSPS) is 11.9. The lowest BCUT2D eigenvalue weighted by molar-refractivity contribution is 0.600. The van der Waals surface area contributed by atoms with E-state index in [0.717, 1.165) is 22.6 Å². The molecule has 6 heteroatoms. The minimum Gasteiger partial charge on any atom is -0.378 e. The van der Waals surface area contributed by atoms with Crippen molar-refractivity contribution >= 4 is 33.3 Å². The molecule has 0 spiro atoms. The van der Waals surface area contributed by atoms with Crippen LogP contribution in [-0.4, -0.2) is 28.7 Å². The molecule has 0 aliphatic carbocycles. The zero-order valence-corrected chi connectivity index (χ0v) is 12.3. The highest BCUT2D eigenvalue weighted by Crippen LogP contribution is 2.18. The van der Waals surface area contributed by atoms with Gasteiger partial charge in [0, 0.05) is 26.0 Å². The minimum absolute atomic E-state index is 0.258. The third-order valence-corrected chi connectivity index (χ3v) is 5.11. The molecule has 0 fully saturated rings.